The maximum Gasteiger partial charge on any atom is 0.317 e. The van der Waals surface area contributed by atoms with Gasteiger partial charge in [0.25, 0.3) is 0 Å². The number of carbonyl (C=O) groups is 2. The Morgan fingerprint density at radius 2 is 2.00 bits per heavy atom. The lowest BCUT2D eigenvalue weighted by Gasteiger charge is -2.17. The standard InChI is InChI=1S/C9H16ClNO3/c1-4-14-9(13)7(6-11(2)3)8(12)5-10/h7H,4-6H2,1-3H3. The molecule has 1 atom stereocenters. The molecule has 0 heterocycles. The zero-order chi connectivity index (χ0) is 11.1. The Morgan fingerprint density at radius 3 is 2.36 bits per heavy atom. The molecular formula is C9H16ClNO3. The van der Waals surface area contributed by atoms with Gasteiger partial charge in [0.05, 0.1) is 12.5 Å². The fourth-order valence-corrected chi connectivity index (χ4v) is 1.20. The summed E-state index contributed by atoms with van der Waals surface area (Å²) in [5, 5.41) is 0. The van der Waals surface area contributed by atoms with E-state index >= 15 is 0 Å². The molecular weight excluding hydrogens is 206 g/mol. The fourth-order valence-electron chi connectivity index (χ4n) is 1.01. The quantitative estimate of drug-likeness (QED) is 0.373. The van der Waals surface area contributed by atoms with E-state index in [9.17, 15) is 9.59 Å². The van der Waals surface area contributed by atoms with Gasteiger partial charge >= 0.3 is 5.97 Å². The van der Waals surface area contributed by atoms with E-state index in [-0.39, 0.29) is 18.3 Å². The summed E-state index contributed by atoms with van der Waals surface area (Å²) in [6.45, 7) is 2.32. The van der Waals surface area contributed by atoms with E-state index in [0.717, 1.165) is 0 Å². The van der Waals surface area contributed by atoms with E-state index in [1.807, 2.05) is 0 Å². The Hall–Kier alpha value is -0.610. The van der Waals surface area contributed by atoms with Crippen LogP contribution in [0.2, 0.25) is 0 Å². The zero-order valence-corrected chi connectivity index (χ0v) is 9.50. The summed E-state index contributed by atoms with van der Waals surface area (Å²) in [5.74, 6) is -1.70. The number of alkyl halides is 1. The number of hydrogen-bond donors (Lipinski definition) is 0. The van der Waals surface area contributed by atoms with E-state index < -0.39 is 11.9 Å². The van der Waals surface area contributed by atoms with Crippen molar-refractivity contribution in [3.05, 3.63) is 0 Å². The van der Waals surface area contributed by atoms with Crippen molar-refractivity contribution < 1.29 is 14.3 Å². The molecule has 0 radical (unpaired) electrons. The van der Waals surface area contributed by atoms with Gasteiger partial charge in [-0.15, -0.1) is 11.6 Å². The lowest BCUT2D eigenvalue weighted by molar-refractivity contribution is -0.151. The van der Waals surface area contributed by atoms with Crippen molar-refractivity contribution in [1.29, 1.82) is 0 Å². The number of Topliss-reactive ketones (excluding diaryl/α,β-unsaturated/α-hetero) is 1. The van der Waals surface area contributed by atoms with Gasteiger partial charge in [0, 0.05) is 6.54 Å². The van der Waals surface area contributed by atoms with E-state index in [2.05, 4.69) is 0 Å². The zero-order valence-electron chi connectivity index (χ0n) is 8.75. The molecule has 1 unspecified atom stereocenters. The van der Waals surface area contributed by atoms with Crippen LogP contribution >= 0.6 is 11.6 Å². The smallest absolute Gasteiger partial charge is 0.317 e. The fraction of sp³-hybridized carbons (Fsp3) is 0.778. The highest BCUT2D eigenvalue weighted by Gasteiger charge is 2.27. The molecule has 0 aromatic heterocycles. The number of ether oxygens (including phenoxy) is 1. The first-order valence-electron chi connectivity index (χ1n) is 4.43. The van der Waals surface area contributed by atoms with E-state index in [1.54, 1.807) is 25.9 Å². The van der Waals surface area contributed by atoms with Crippen LogP contribution in [-0.2, 0) is 14.3 Å². The van der Waals surface area contributed by atoms with E-state index in [0.29, 0.717) is 6.54 Å². The summed E-state index contributed by atoms with van der Waals surface area (Å²) in [7, 11) is 3.57. The van der Waals surface area contributed by atoms with Crippen molar-refractivity contribution >= 4 is 23.4 Å². The van der Waals surface area contributed by atoms with Gasteiger partial charge in [-0.3, -0.25) is 9.59 Å². The van der Waals surface area contributed by atoms with Gasteiger partial charge in [0.15, 0.2) is 5.78 Å². The number of carbonyl (C=O) groups excluding carboxylic acids is 2. The van der Waals surface area contributed by atoms with Crippen LogP contribution in [0, 0.1) is 5.92 Å². The normalized spacial score (nSPS) is 12.6. The summed E-state index contributed by atoms with van der Waals surface area (Å²) in [6, 6.07) is 0. The number of halogens is 1. The average Bonchev–Trinajstić information content (AvgIpc) is 2.13. The second kappa shape index (κ2) is 6.79. The molecule has 4 nitrogen and oxygen atoms in total. The number of ketones is 1. The molecule has 0 spiro atoms. The van der Waals surface area contributed by atoms with Crippen molar-refractivity contribution in [2.45, 2.75) is 6.92 Å². The number of rotatable bonds is 6. The van der Waals surface area contributed by atoms with Crippen molar-refractivity contribution in [3.63, 3.8) is 0 Å². The van der Waals surface area contributed by atoms with Crippen LogP contribution in [0.25, 0.3) is 0 Å². The maximum absolute atomic E-state index is 11.4. The average molecular weight is 222 g/mol. The molecule has 0 aliphatic carbocycles. The van der Waals surface area contributed by atoms with Crippen LogP contribution in [0.1, 0.15) is 6.92 Å². The molecule has 0 fully saturated rings. The van der Waals surface area contributed by atoms with Gasteiger partial charge in [-0.05, 0) is 21.0 Å². The third kappa shape index (κ3) is 4.58. The second-order valence-corrected chi connectivity index (χ2v) is 3.43. The predicted octanol–water partition coefficient (Wildman–Crippen LogP) is 0.535. The highest BCUT2D eigenvalue weighted by Crippen LogP contribution is 2.05. The van der Waals surface area contributed by atoms with Crippen molar-refractivity contribution in [3.8, 4) is 0 Å². The first kappa shape index (κ1) is 13.4. The maximum atomic E-state index is 11.4. The minimum absolute atomic E-state index is 0.155. The third-order valence-corrected chi connectivity index (χ3v) is 1.90. The molecule has 0 saturated heterocycles. The third-order valence-electron chi connectivity index (χ3n) is 1.64. The molecule has 0 saturated carbocycles. The Balaban J connectivity index is 4.38. The predicted molar refractivity (Wildman–Crippen MR) is 54.4 cm³/mol. The molecule has 82 valence electrons. The van der Waals surface area contributed by atoms with Crippen LogP contribution in [0.15, 0.2) is 0 Å². The lowest BCUT2D eigenvalue weighted by atomic mass is 10.1. The van der Waals surface area contributed by atoms with Crippen LogP contribution in [-0.4, -0.2) is 49.8 Å². The topological polar surface area (TPSA) is 46.6 Å². The van der Waals surface area contributed by atoms with Crippen molar-refractivity contribution in [2.24, 2.45) is 5.92 Å². The number of nitrogens with zero attached hydrogens (tertiary/aromatic N) is 1. The largest absolute Gasteiger partial charge is 0.465 e. The van der Waals surface area contributed by atoms with E-state index in [4.69, 9.17) is 16.3 Å². The summed E-state index contributed by atoms with van der Waals surface area (Å²) >= 11 is 5.40. The molecule has 0 aromatic carbocycles. The summed E-state index contributed by atoms with van der Waals surface area (Å²) in [5.41, 5.74) is 0. The minimum Gasteiger partial charge on any atom is -0.465 e. The van der Waals surface area contributed by atoms with E-state index in [1.165, 1.54) is 0 Å². The second-order valence-electron chi connectivity index (χ2n) is 3.17. The highest BCUT2D eigenvalue weighted by molar-refractivity contribution is 6.29. The molecule has 0 aliphatic heterocycles. The van der Waals surface area contributed by atoms with Gasteiger partial charge < -0.3 is 9.64 Å². The molecule has 5 heteroatoms. The Labute approximate surface area is 89.2 Å². The number of hydrogen-bond acceptors (Lipinski definition) is 4. The molecule has 0 N–H and O–H groups in total. The Kier molecular flexibility index (Phi) is 6.49. The highest BCUT2D eigenvalue weighted by atomic mass is 35.5. The minimum atomic E-state index is -0.762. The summed E-state index contributed by atoms with van der Waals surface area (Å²) < 4.78 is 4.78. The Morgan fingerprint density at radius 1 is 1.43 bits per heavy atom. The van der Waals surface area contributed by atoms with Gasteiger partial charge in [0.1, 0.15) is 5.92 Å². The van der Waals surface area contributed by atoms with Crippen LogP contribution < -0.4 is 0 Å². The molecule has 0 aliphatic rings. The Bertz CT molecular complexity index is 206. The first-order chi connectivity index (χ1) is 6.52. The molecule has 14 heavy (non-hydrogen) atoms. The van der Waals surface area contributed by atoms with Crippen LogP contribution in [0.4, 0.5) is 0 Å². The van der Waals surface area contributed by atoms with Crippen molar-refractivity contribution in [2.75, 3.05) is 33.1 Å². The number of esters is 1. The van der Waals surface area contributed by atoms with Gasteiger partial charge in [-0.1, -0.05) is 0 Å². The molecule has 0 amide bonds. The summed E-state index contributed by atoms with van der Waals surface area (Å²) in [4.78, 5) is 24.4. The van der Waals surface area contributed by atoms with Gasteiger partial charge in [-0.2, -0.15) is 0 Å². The lowest BCUT2D eigenvalue weighted by Crippen LogP contribution is -2.35. The first-order valence-corrected chi connectivity index (χ1v) is 4.96. The van der Waals surface area contributed by atoms with Gasteiger partial charge in [-0.25, -0.2) is 0 Å². The van der Waals surface area contributed by atoms with Crippen molar-refractivity contribution in [1.82, 2.24) is 4.90 Å². The monoisotopic (exact) mass is 221 g/mol. The van der Waals surface area contributed by atoms with Crippen LogP contribution in [0.5, 0.6) is 0 Å². The summed E-state index contributed by atoms with van der Waals surface area (Å²) in [6.07, 6.45) is 0. The van der Waals surface area contributed by atoms with Gasteiger partial charge in [0.2, 0.25) is 0 Å². The molecule has 0 bridgehead atoms. The van der Waals surface area contributed by atoms with Crippen LogP contribution in [0.3, 0.4) is 0 Å². The SMILES string of the molecule is CCOC(=O)C(CN(C)C)C(=O)CCl. The molecule has 0 rings (SSSR count). The molecule has 0 aromatic rings.